The molecular formula is C10H6N4O2. The van der Waals surface area contributed by atoms with E-state index in [2.05, 4.69) is 10.1 Å². The van der Waals surface area contributed by atoms with Gasteiger partial charge in [0.2, 0.25) is 0 Å². The average Bonchev–Trinajstić information content (AvgIpc) is 2.78. The molecule has 1 N–H and O–H groups in total. The van der Waals surface area contributed by atoms with E-state index in [0.29, 0.717) is 5.69 Å². The van der Waals surface area contributed by atoms with Crippen LogP contribution >= 0.6 is 0 Å². The van der Waals surface area contributed by atoms with E-state index in [1.807, 2.05) is 6.07 Å². The van der Waals surface area contributed by atoms with Crippen molar-refractivity contribution < 1.29 is 9.90 Å². The summed E-state index contributed by atoms with van der Waals surface area (Å²) in [6, 6.07) is 5.21. The largest absolute Gasteiger partial charge is 0.478 e. The highest BCUT2D eigenvalue weighted by atomic mass is 16.4. The number of carbonyl (C=O) groups is 1. The number of pyridine rings is 1. The fourth-order valence-corrected chi connectivity index (χ4v) is 1.23. The molecule has 0 radical (unpaired) electrons. The molecule has 0 aliphatic rings. The Morgan fingerprint density at radius 2 is 2.38 bits per heavy atom. The van der Waals surface area contributed by atoms with Crippen LogP contribution < -0.4 is 0 Å². The lowest BCUT2D eigenvalue weighted by Gasteiger charge is -2.01. The van der Waals surface area contributed by atoms with Crippen molar-refractivity contribution in [2.75, 3.05) is 0 Å². The summed E-state index contributed by atoms with van der Waals surface area (Å²) in [5.41, 5.74) is 0.716. The first-order valence-corrected chi connectivity index (χ1v) is 4.36. The number of hydrogen-bond acceptors (Lipinski definition) is 4. The minimum atomic E-state index is -1.06. The molecule has 2 aromatic heterocycles. The van der Waals surface area contributed by atoms with E-state index in [4.69, 9.17) is 10.4 Å². The molecule has 78 valence electrons. The summed E-state index contributed by atoms with van der Waals surface area (Å²) in [6.45, 7) is 0. The van der Waals surface area contributed by atoms with Gasteiger partial charge in [-0.2, -0.15) is 10.4 Å². The van der Waals surface area contributed by atoms with Crippen molar-refractivity contribution in [1.82, 2.24) is 14.8 Å². The van der Waals surface area contributed by atoms with E-state index in [1.165, 1.54) is 23.3 Å². The molecule has 0 saturated heterocycles. The maximum Gasteiger partial charge on any atom is 0.338 e. The SMILES string of the molecule is N#Cc1ncccc1-n1cc(C(=O)O)cn1. The summed E-state index contributed by atoms with van der Waals surface area (Å²) in [6.07, 6.45) is 4.04. The topological polar surface area (TPSA) is 91.8 Å². The Balaban J connectivity index is 2.51. The van der Waals surface area contributed by atoms with Crippen LogP contribution in [0.25, 0.3) is 5.69 Å². The van der Waals surface area contributed by atoms with Crippen molar-refractivity contribution >= 4 is 5.97 Å². The first-order valence-electron chi connectivity index (χ1n) is 4.36. The molecule has 0 fully saturated rings. The van der Waals surface area contributed by atoms with Gasteiger partial charge in [0.15, 0.2) is 5.69 Å². The van der Waals surface area contributed by atoms with Crippen LogP contribution in [0.5, 0.6) is 0 Å². The zero-order chi connectivity index (χ0) is 11.5. The minimum Gasteiger partial charge on any atom is -0.478 e. The van der Waals surface area contributed by atoms with Gasteiger partial charge >= 0.3 is 5.97 Å². The highest BCUT2D eigenvalue weighted by Crippen LogP contribution is 2.11. The molecule has 0 saturated carbocycles. The van der Waals surface area contributed by atoms with E-state index >= 15 is 0 Å². The molecule has 6 nitrogen and oxygen atoms in total. The molecular weight excluding hydrogens is 208 g/mol. The van der Waals surface area contributed by atoms with Crippen LogP contribution in [0.15, 0.2) is 30.7 Å². The Hall–Kier alpha value is -2.68. The smallest absolute Gasteiger partial charge is 0.338 e. The van der Waals surface area contributed by atoms with Crippen molar-refractivity contribution in [3.05, 3.63) is 42.0 Å². The van der Waals surface area contributed by atoms with Crippen molar-refractivity contribution in [2.24, 2.45) is 0 Å². The van der Waals surface area contributed by atoms with E-state index in [9.17, 15) is 4.79 Å². The molecule has 2 aromatic rings. The highest BCUT2D eigenvalue weighted by Gasteiger charge is 2.10. The third-order valence-corrected chi connectivity index (χ3v) is 1.97. The lowest BCUT2D eigenvalue weighted by molar-refractivity contribution is 0.0697. The van der Waals surface area contributed by atoms with Crippen LogP contribution in [0.1, 0.15) is 16.1 Å². The van der Waals surface area contributed by atoms with E-state index in [-0.39, 0.29) is 11.3 Å². The fourth-order valence-electron chi connectivity index (χ4n) is 1.23. The molecule has 2 heterocycles. The van der Waals surface area contributed by atoms with Gasteiger partial charge in [-0.1, -0.05) is 0 Å². The number of nitriles is 1. The van der Waals surface area contributed by atoms with Crippen molar-refractivity contribution in [3.63, 3.8) is 0 Å². The Labute approximate surface area is 90.4 Å². The third-order valence-electron chi connectivity index (χ3n) is 1.97. The fraction of sp³-hybridized carbons (Fsp3) is 0. The number of nitrogens with zero attached hydrogens (tertiary/aromatic N) is 4. The van der Waals surface area contributed by atoms with Gasteiger partial charge in [0.05, 0.1) is 11.8 Å². The van der Waals surface area contributed by atoms with Crippen molar-refractivity contribution in [2.45, 2.75) is 0 Å². The molecule has 0 aromatic carbocycles. The zero-order valence-corrected chi connectivity index (χ0v) is 8.03. The summed E-state index contributed by atoms with van der Waals surface area (Å²) in [5.74, 6) is -1.06. The molecule has 0 aliphatic carbocycles. The van der Waals surface area contributed by atoms with Gasteiger partial charge in [0.25, 0.3) is 0 Å². The van der Waals surface area contributed by atoms with Crippen molar-refractivity contribution in [3.8, 4) is 11.8 Å². The van der Waals surface area contributed by atoms with Gasteiger partial charge in [-0.25, -0.2) is 14.5 Å². The number of carboxylic acids is 1. The van der Waals surface area contributed by atoms with E-state index in [1.54, 1.807) is 12.1 Å². The Morgan fingerprint density at radius 1 is 1.56 bits per heavy atom. The minimum absolute atomic E-state index is 0.0627. The molecule has 0 atom stereocenters. The van der Waals surface area contributed by atoms with Crippen LogP contribution in [-0.2, 0) is 0 Å². The summed E-state index contributed by atoms with van der Waals surface area (Å²) in [4.78, 5) is 14.5. The molecule has 0 bridgehead atoms. The van der Waals surface area contributed by atoms with Gasteiger partial charge in [0, 0.05) is 12.4 Å². The number of rotatable bonds is 2. The Morgan fingerprint density at radius 3 is 3.00 bits per heavy atom. The van der Waals surface area contributed by atoms with Crippen LogP contribution in [0.4, 0.5) is 0 Å². The molecule has 0 spiro atoms. The van der Waals surface area contributed by atoms with E-state index < -0.39 is 5.97 Å². The summed E-state index contributed by atoms with van der Waals surface area (Å²) < 4.78 is 1.31. The van der Waals surface area contributed by atoms with Crippen LogP contribution in [0.3, 0.4) is 0 Å². The molecule has 0 unspecified atom stereocenters. The maximum absolute atomic E-state index is 10.7. The monoisotopic (exact) mass is 214 g/mol. The Kier molecular flexibility index (Phi) is 2.36. The molecule has 16 heavy (non-hydrogen) atoms. The summed E-state index contributed by atoms with van der Waals surface area (Å²) in [5, 5.41) is 21.4. The van der Waals surface area contributed by atoms with Crippen molar-refractivity contribution in [1.29, 1.82) is 5.26 Å². The van der Waals surface area contributed by atoms with Gasteiger partial charge in [0.1, 0.15) is 11.8 Å². The predicted molar refractivity (Wildman–Crippen MR) is 53.0 cm³/mol. The second kappa shape index (κ2) is 3.82. The van der Waals surface area contributed by atoms with Gasteiger partial charge in [-0.3, -0.25) is 0 Å². The van der Waals surface area contributed by atoms with Crippen LogP contribution in [0, 0.1) is 11.3 Å². The maximum atomic E-state index is 10.7. The third kappa shape index (κ3) is 1.62. The predicted octanol–water partition coefficient (Wildman–Crippen LogP) is 0.837. The second-order valence-corrected chi connectivity index (χ2v) is 2.96. The molecule has 6 heteroatoms. The van der Waals surface area contributed by atoms with E-state index in [0.717, 1.165) is 0 Å². The number of aromatic carboxylic acids is 1. The second-order valence-electron chi connectivity index (χ2n) is 2.96. The first kappa shape index (κ1) is 9.86. The Bertz CT molecular complexity index is 583. The quantitative estimate of drug-likeness (QED) is 0.799. The lowest BCUT2D eigenvalue weighted by Crippen LogP contribution is -1.99. The standard InChI is InChI=1S/C10H6N4O2/c11-4-8-9(2-1-3-12-8)14-6-7(5-13-14)10(15)16/h1-3,5-6H,(H,15,16). The summed E-state index contributed by atoms with van der Waals surface area (Å²) in [7, 11) is 0. The van der Waals surface area contributed by atoms with Crippen LogP contribution in [0.2, 0.25) is 0 Å². The molecule has 0 aliphatic heterocycles. The van der Waals surface area contributed by atoms with Crippen LogP contribution in [-0.4, -0.2) is 25.8 Å². The first-order chi connectivity index (χ1) is 7.72. The summed E-state index contributed by atoms with van der Waals surface area (Å²) >= 11 is 0. The zero-order valence-electron chi connectivity index (χ0n) is 8.03. The molecule has 0 amide bonds. The van der Waals surface area contributed by atoms with Gasteiger partial charge < -0.3 is 5.11 Å². The highest BCUT2D eigenvalue weighted by molar-refractivity contribution is 5.87. The number of hydrogen-bond donors (Lipinski definition) is 1. The number of aromatic nitrogens is 3. The lowest BCUT2D eigenvalue weighted by atomic mass is 10.3. The van der Waals surface area contributed by atoms with Gasteiger partial charge in [-0.15, -0.1) is 0 Å². The number of carboxylic acid groups (broad SMARTS) is 1. The molecule has 2 rings (SSSR count). The van der Waals surface area contributed by atoms with Gasteiger partial charge in [-0.05, 0) is 12.1 Å². The normalized spacial score (nSPS) is 9.69. The average molecular weight is 214 g/mol.